The van der Waals surface area contributed by atoms with Crippen LogP contribution in [0.25, 0.3) is 0 Å². The van der Waals surface area contributed by atoms with Crippen LogP contribution in [0.2, 0.25) is 5.02 Å². The molecule has 2 nitrogen and oxygen atoms in total. The standard InChI is InChI=1S/C14H17ClFNO/c15-11-1-4-13(16)10(7-11)8-14(18)5-6-17(9-14)12-2-3-12/h1,4,7,12,18H,2-3,5-6,8-9H2. The molecule has 0 radical (unpaired) electrons. The highest BCUT2D eigenvalue weighted by molar-refractivity contribution is 6.30. The maximum Gasteiger partial charge on any atom is 0.126 e. The van der Waals surface area contributed by atoms with Gasteiger partial charge >= 0.3 is 0 Å². The molecular weight excluding hydrogens is 253 g/mol. The monoisotopic (exact) mass is 269 g/mol. The van der Waals surface area contributed by atoms with Crippen LogP contribution in [0, 0.1) is 5.82 Å². The highest BCUT2D eigenvalue weighted by atomic mass is 35.5. The number of β-amino-alcohol motifs (C(OH)–C–C–N with tert-alkyl or cyclic N) is 1. The van der Waals surface area contributed by atoms with E-state index in [0.717, 1.165) is 13.0 Å². The first-order valence-corrected chi connectivity index (χ1v) is 6.84. The summed E-state index contributed by atoms with van der Waals surface area (Å²) in [6, 6.07) is 5.18. The maximum absolute atomic E-state index is 13.7. The molecule has 1 saturated carbocycles. The van der Waals surface area contributed by atoms with Crippen LogP contribution in [0.15, 0.2) is 18.2 Å². The van der Waals surface area contributed by atoms with Crippen molar-refractivity contribution in [2.75, 3.05) is 13.1 Å². The van der Waals surface area contributed by atoms with E-state index in [0.29, 0.717) is 29.6 Å². The summed E-state index contributed by atoms with van der Waals surface area (Å²) < 4.78 is 13.7. The van der Waals surface area contributed by atoms with E-state index in [9.17, 15) is 9.50 Å². The number of halogens is 2. The zero-order chi connectivity index (χ0) is 12.8. The molecule has 18 heavy (non-hydrogen) atoms. The molecule has 0 spiro atoms. The molecule has 0 bridgehead atoms. The van der Waals surface area contributed by atoms with Crippen LogP contribution < -0.4 is 0 Å². The van der Waals surface area contributed by atoms with Crippen LogP contribution in [-0.2, 0) is 6.42 Å². The smallest absolute Gasteiger partial charge is 0.126 e. The van der Waals surface area contributed by atoms with Gasteiger partial charge in [0.05, 0.1) is 5.60 Å². The molecule has 2 aliphatic rings. The molecule has 1 N–H and O–H groups in total. The first-order valence-electron chi connectivity index (χ1n) is 6.46. The van der Waals surface area contributed by atoms with E-state index in [1.54, 1.807) is 6.07 Å². The van der Waals surface area contributed by atoms with Gasteiger partial charge in [-0.1, -0.05) is 11.6 Å². The summed E-state index contributed by atoms with van der Waals surface area (Å²) in [4.78, 5) is 2.32. The normalized spacial score (nSPS) is 28.8. The van der Waals surface area contributed by atoms with Gasteiger partial charge in [0, 0.05) is 30.6 Å². The number of aliphatic hydroxyl groups is 1. The lowest BCUT2D eigenvalue weighted by Crippen LogP contribution is -2.36. The summed E-state index contributed by atoms with van der Waals surface area (Å²) in [5.41, 5.74) is -0.281. The molecule has 98 valence electrons. The van der Waals surface area contributed by atoms with Crippen molar-refractivity contribution >= 4 is 11.6 Å². The molecule has 0 aromatic heterocycles. The van der Waals surface area contributed by atoms with Gasteiger partial charge in [0.2, 0.25) is 0 Å². The Hall–Kier alpha value is -0.640. The SMILES string of the molecule is OC1(Cc2cc(Cl)ccc2F)CCN(C2CC2)C1. The number of rotatable bonds is 3. The Bertz CT molecular complexity index is 463. The second-order valence-electron chi connectivity index (χ2n) is 5.59. The van der Waals surface area contributed by atoms with Crippen LogP contribution >= 0.6 is 11.6 Å². The van der Waals surface area contributed by atoms with Crippen LogP contribution in [-0.4, -0.2) is 34.7 Å². The number of hydrogen-bond donors (Lipinski definition) is 1. The molecule has 1 heterocycles. The summed E-state index contributed by atoms with van der Waals surface area (Å²) in [7, 11) is 0. The first kappa shape index (κ1) is 12.4. The van der Waals surface area contributed by atoms with Gasteiger partial charge in [0.1, 0.15) is 5.82 Å². The molecule has 2 fully saturated rings. The van der Waals surface area contributed by atoms with Gasteiger partial charge in [0.25, 0.3) is 0 Å². The van der Waals surface area contributed by atoms with Gasteiger partial charge in [-0.2, -0.15) is 0 Å². The zero-order valence-corrected chi connectivity index (χ0v) is 11.0. The van der Waals surface area contributed by atoms with Crippen LogP contribution in [0.4, 0.5) is 4.39 Å². The molecular formula is C14H17ClFNO. The molecule has 4 heteroatoms. The minimum atomic E-state index is -0.798. The van der Waals surface area contributed by atoms with E-state index < -0.39 is 5.60 Å². The Labute approximate surface area is 111 Å². The topological polar surface area (TPSA) is 23.5 Å². The fourth-order valence-electron chi connectivity index (χ4n) is 2.82. The molecule has 1 unspecified atom stereocenters. The third-order valence-corrected chi connectivity index (χ3v) is 4.19. The average Bonchev–Trinajstić information content (AvgIpc) is 3.09. The summed E-state index contributed by atoms with van der Waals surface area (Å²) in [6.45, 7) is 1.58. The van der Waals surface area contributed by atoms with E-state index in [1.165, 1.54) is 25.0 Å². The molecule has 1 atom stereocenters. The van der Waals surface area contributed by atoms with E-state index in [1.807, 2.05) is 0 Å². The number of benzene rings is 1. The third kappa shape index (κ3) is 2.53. The summed E-state index contributed by atoms with van der Waals surface area (Å²) in [6.07, 6.45) is 3.54. The lowest BCUT2D eigenvalue weighted by molar-refractivity contribution is 0.0479. The Kier molecular flexibility index (Phi) is 3.08. The Morgan fingerprint density at radius 2 is 2.22 bits per heavy atom. The first-order chi connectivity index (χ1) is 8.56. The van der Waals surface area contributed by atoms with Crippen molar-refractivity contribution in [1.82, 2.24) is 4.90 Å². The molecule has 1 aliphatic carbocycles. The minimum absolute atomic E-state index is 0.280. The van der Waals surface area contributed by atoms with Crippen LogP contribution in [0.1, 0.15) is 24.8 Å². The van der Waals surface area contributed by atoms with Gasteiger partial charge < -0.3 is 5.11 Å². The van der Waals surface area contributed by atoms with Gasteiger partial charge in [-0.05, 0) is 43.0 Å². The molecule has 3 rings (SSSR count). The van der Waals surface area contributed by atoms with Crippen molar-refractivity contribution < 1.29 is 9.50 Å². The second kappa shape index (κ2) is 4.48. The summed E-state index contributed by atoms with van der Waals surface area (Å²) >= 11 is 5.88. The number of nitrogens with zero attached hydrogens (tertiary/aromatic N) is 1. The Morgan fingerprint density at radius 3 is 2.94 bits per heavy atom. The fourth-order valence-corrected chi connectivity index (χ4v) is 3.01. The molecule has 1 saturated heterocycles. The fraction of sp³-hybridized carbons (Fsp3) is 0.571. The third-order valence-electron chi connectivity index (χ3n) is 3.95. The predicted molar refractivity (Wildman–Crippen MR) is 69.3 cm³/mol. The van der Waals surface area contributed by atoms with Crippen LogP contribution in [0.3, 0.4) is 0 Å². The number of hydrogen-bond acceptors (Lipinski definition) is 2. The van der Waals surface area contributed by atoms with Crippen molar-refractivity contribution in [2.45, 2.75) is 37.3 Å². The lowest BCUT2D eigenvalue weighted by atomic mass is 9.93. The molecule has 1 aromatic carbocycles. The highest BCUT2D eigenvalue weighted by Gasteiger charge is 2.42. The van der Waals surface area contributed by atoms with Gasteiger partial charge in [-0.25, -0.2) is 4.39 Å². The lowest BCUT2D eigenvalue weighted by Gasteiger charge is -2.24. The quantitative estimate of drug-likeness (QED) is 0.912. The van der Waals surface area contributed by atoms with Crippen molar-refractivity contribution in [2.24, 2.45) is 0 Å². The van der Waals surface area contributed by atoms with Gasteiger partial charge in [0.15, 0.2) is 0 Å². The minimum Gasteiger partial charge on any atom is -0.388 e. The molecule has 1 aromatic rings. The molecule has 1 aliphatic heterocycles. The second-order valence-corrected chi connectivity index (χ2v) is 6.02. The van der Waals surface area contributed by atoms with Crippen molar-refractivity contribution in [3.63, 3.8) is 0 Å². The van der Waals surface area contributed by atoms with Crippen LogP contribution in [0.5, 0.6) is 0 Å². The summed E-state index contributed by atoms with van der Waals surface area (Å²) in [5.74, 6) is -0.280. The van der Waals surface area contributed by atoms with Gasteiger partial charge in [-0.3, -0.25) is 4.90 Å². The van der Waals surface area contributed by atoms with Crippen molar-refractivity contribution in [3.05, 3.63) is 34.6 Å². The van der Waals surface area contributed by atoms with Crippen molar-refractivity contribution in [1.29, 1.82) is 0 Å². The largest absolute Gasteiger partial charge is 0.388 e. The summed E-state index contributed by atoms with van der Waals surface area (Å²) in [5, 5.41) is 11.1. The maximum atomic E-state index is 13.7. The predicted octanol–water partition coefficient (Wildman–Crippen LogP) is 2.62. The van der Waals surface area contributed by atoms with E-state index in [-0.39, 0.29) is 5.82 Å². The Morgan fingerprint density at radius 1 is 1.44 bits per heavy atom. The Balaban J connectivity index is 1.73. The van der Waals surface area contributed by atoms with E-state index >= 15 is 0 Å². The van der Waals surface area contributed by atoms with E-state index in [2.05, 4.69) is 4.90 Å². The number of likely N-dealkylation sites (tertiary alicyclic amines) is 1. The highest BCUT2D eigenvalue weighted by Crippen LogP contribution is 2.35. The van der Waals surface area contributed by atoms with Crippen molar-refractivity contribution in [3.8, 4) is 0 Å². The zero-order valence-electron chi connectivity index (χ0n) is 10.2. The average molecular weight is 270 g/mol. The van der Waals surface area contributed by atoms with Gasteiger partial charge in [-0.15, -0.1) is 0 Å². The van der Waals surface area contributed by atoms with E-state index in [4.69, 9.17) is 11.6 Å². The molecule has 0 amide bonds.